The van der Waals surface area contributed by atoms with Crippen molar-refractivity contribution < 1.29 is 9.85 Å². The first-order valence-corrected chi connectivity index (χ1v) is 7.67. The molecule has 0 saturated carbocycles. The highest BCUT2D eigenvalue weighted by atomic mass is 16.6. The first-order valence-electron chi connectivity index (χ1n) is 7.67. The van der Waals surface area contributed by atoms with E-state index in [1.807, 2.05) is 32.9 Å². The Morgan fingerprint density at radius 3 is 2.00 bits per heavy atom. The van der Waals surface area contributed by atoms with Crippen molar-refractivity contribution in [1.29, 1.82) is 0 Å². The number of nitrogens with one attached hydrogen (secondary N) is 2. The molecule has 134 valence electrons. The number of hydrogen-bond donors (Lipinski definition) is 2. The lowest BCUT2D eigenvalue weighted by Gasteiger charge is -2.13. The van der Waals surface area contributed by atoms with Crippen molar-refractivity contribution in [3.8, 4) is 0 Å². The van der Waals surface area contributed by atoms with Crippen LogP contribution in [0.3, 0.4) is 0 Å². The van der Waals surface area contributed by atoms with E-state index >= 15 is 0 Å². The molecule has 2 N–H and O–H groups in total. The molecule has 0 aliphatic heterocycles. The van der Waals surface area contributed by atoms with Gasteiger partial charge in [-0.2, -0.15) is 0 Å². The second kappa shape index (κ2) is 8.62. The van der Waals surface area contributed by atoms with Gasteiger partial charge in [0.1, 0.15) is 11.4 Å². The molecule has 1 aromatic carbocycles. The molecule has 0 aliphatic rings. The summed E-state index contributed by atoms with van der Waals surface area (Å²) in [5.74, 6) is 0. The van der Waals surface area contributed by atoms with Crippen molar-refractivity contribution in [1.82, 2.24) is 0 Å². The minimum atomic E-state index is -0.666. The van der Waals surface area contributed by atoms with Gasteiger partial charge < -0.3 is 10.6 Å². The number of benzene rings is 1. The molecule has 0 radical (unpaired) electrons. The Morgan fingerprint density at radius 2 is 1.60 bits per heavy atom. The normalized spacial score (nSPS) is 10.4. The molecule has 8 heteroatoms. The van der Waals surface area contributed by atoms with Crippen LogP contribution in [0.25, 0.3) is 0 Å². The molecule has 0 amide bonds. The van der Waals surface area contributed by atoms with Gasteiger partial charge in [0.05, 0.1) is 15.9 Å². The van der Waals surface area contributed by atoms with Gasteiger partial charge in [0.25, 0.3) is 11.4 Å². The Hall–Kier alpha value is -3.16. The summed E-state index contributed by atoms with van der Waals surface area (Å²) in [6, 6.07) is 2.30. The minimum Gasteiger partial charge on any atom is -0.354 e. The Balaban J connectivity index is 3.53. The van der Waals surface area contributed by atoms with E-state index in [0.717, 1.165) is 18.1 Å². The number of nitro groups is 2. The van der Waals surface area contributed by atoms with Crippen LogP contribution in [0, 0.1) is 20.2 Å². The van der Waals surface area contributed by atoms with E-state index in [1.54, 1.807) is 6.92 Å². The van der Waals surface area contributed by atoms with Gasteiger partial charge in [0, 0.05) is 11.4 Å². The molecule has 1 aromatic rings. The number of anilines is 2. The molecule has 0 saturated heterocycles. The van der Waals surface area contributed by atoms with Crippen LogP contribution in [0.2, 0.25) is 0 Å². The van der Waals surface area contributed by atoms with Gasteiger partial charge in [-0.1, -0.05) is 25.2 Å². The Bertz CT molecular complexity index is 762. The zero-order chi connectivity index (χ0) is 19.1. The van der Waals surface area contributed by atoms with Crippen molar-refractivity contribution in [3.63, 3.8) is 0 Å². The minimum absolute atomic E-state index is 0.137. The summed E-state index contributed by atoms with van der Waals surface area (Å²) < 4.78 is 0. The number of nitrogens with zero attached hydrogens (tertiary/aromatic N) is 2. The second-order valence-electron chi connectivity index (χ2n) is 5.66. The van der Waals surface area contributed by atoms with Gasteiger partial charge in [-0.15, -0.1) is 0 Å². The van der Waals surface area contributed by atoms with Gasteiger partial charge in [-0.3, -0.25) is 20.2 Å². The van der Waals surface area contributed by atoms with Crippen molar-refractivity contribution in [3.05, 3.63) is 68.1 Å². The summed E-state index contributed by atoms with van der Waals surface area (Å²) in [5.41, 5.74) is 1.64. The second-order valence-corrected chi connectivity index (χ2v) is 5.66. The third-order valence-electron chi connectivity index (χ3n) is 3.18. The summed E-state index contributed by atoms with van der Waals surface area (Å²) in [6.45, 7) is 11.0. The van der Waals surface area contributed by atoms with E-state index in [4.69, 9.17) is 0 Å². The van der Waals surface area contributed by atoms with Crippen LogP contribution in [0.15, 0.2) is 47.8 Å². The molecule has 0 aliphatic carbocycles. The van der Waals surface area contributed by atoms with Crippen LogP contribution in [0.1, 0.15) is 34.1 Å². The van der Waals surface area contributed by atoms with E-state index in [9.17, 15) is 20.2 Å². The molecule has 0 fully saturated rings. The van der Waals surface area contributed by atoms with Crippen molar-refractivity contribution in [2.24, 2.45) is 0 Å². The van der Waals surface area contributed by atoms with Gasteiger partial charge in [0.2, 0.25) is 0 Å². The summed E-state index contributed by atoms with van der Waals surface area (Å²) >= 11 is 0. The molecule has 0 heterocycles. The molecule has 1 rings (SSSR count). The third-order valence-corrected chi connectivity index (χ3v) is 3.18. The Morgan fingerprint density at radius 1 is 1.08 bits per heavy atom. The lowest BCUT2D eigenvalue weighted by atomic mass is 10.1. The van der Waals surface area contributed by atoms with E-state index in [2.05, 4.69) is 17.2 Å². The molecule has 25 heavy (non-hydrogen) atoms. The van der Waals surface area contributed by atoms with Crippen LogP contribution in [0.5, 0.6) is 0 Å². The van der Waals surface area contributed by atoms with Crippen LogP contribution in [-0.2, 0) is 0 Å². The highest BCUT2D eigenvalue weighted by Crippen LogP contribution is 2.37. The summed E-state index contributed by atoms with van der Waals surface area (Å²) in [4.78, 5) is 21.3. The molecule has 0 bridgehead atoms. The van der Waals surface area contributed by atoms with Gasteiger partial charge >= 0.3 is 0 Å². The van der Waals surface area contributed by atoms with E-state index in [1.165, 1.54) is 6.07 Å². The standard InChI is InChI=1S/C17H22N4O4/c1-6-7-8-13(11(2)3)19-15-9-14(18-12(4)5)16(20(22)23)10-17(15)21(24)25/h7-10,18-19H,4,6H2,1-3,5H3/b8-7-. The highest BCUT2D eigenvalue weighted by molar-refractivity contribution is 5.79. The average molecular weight is 346 g/mol. The van der Waals surface area contributed by atoms with Crippen LogP contribution >= 0.6 is 0 Å². The first kappa shape index (κ1) is 19.9. The maximum Gasteiger partial charge on any atom is 0.299 e. The maximum absolute atomic E-state index is 11.4. The van der Waals surface area contributed by atoms with E-state index in [0.29, 0.717) is 11.4 Å². The lowest BCUT2D eigenvalue weighted by molar-refractivity contribution is -0.393. The summed E-state index contributed by atoms with van der Waals surface area (Å²) in [5, 5.41) is 28.4. The van der Waals surface area contributed by atoms with Crippen molar-refractivity contribution in [2.75, 3.05) is 10.6 Å². The van der Waals surface area contributed by atoms with Gasteiger partial charge in [-0.25, -0.2) is 0 Å². The fourth-order valence-electron chi connectivity index (χ4n) is 2.02. The summed E-state index contributed by atoms with van der Waals surface area (Å²) in [6.07, 6.45) is 4.55. The fourth-order valence-corrected chi connectivity index (χ4v) is 2.02. The number of allylic oxidation sites excluding steroid dienone is 4. The zero-order valence-electron chi connectivity index (χ0n) is 14.8. The van der Waals surface area contributed by atoms with E-state index in [-0.39, 0.29) is 22.7 Å². The van der Waals surface area contributed by atoms with Gasteiger partial charge in [0.15, 0.2) is 0 Å². The number of hydrogen-bond acceptors (Lipinski definition) is 6. The fraction of sp³-hybridized carbons (Fsp3) is 0.294. The SMILES string of the molecule is C=C(C)Nc1cc(NC(/C=C\CC)=C(C)C)c([N+](=O)[O-])cc1[N+](=O)[O-]. The predicted octanol–water partition coefficient (Wildman–Crippen LogP) is 5.12. The Labute approximate surface area is 146 Å². The predicted molar refractivity (Wildman–Crippen MR) is 99.6 cm³/mol. The quantitative estimate of drug-likeness (QED) is 0.384. The maximum atomic E-state index is 11.4. The molecular weight excluding hydrogens is 324 g/mol. The topological polar surface area (TPSA) is 110 Å². The largest absolute Gasteiger partial charge is 0.354 e. The first-order chi connectivity index (χ1) is 11.7. The van der Waals surface area contributed by atoms with Crippen LogP contribution in [0.4, 0.5) is 22.7 Å². The monoisotopic (exact) mass is 346 g/mol. The lowest BCUT2D eigenvalue weighted by Crippen LogP contribution is -2.06. The van der Waals surface area contributed by atoms with Crippen LogP contribution in [-0.4, -0.2) is 9.85 Å². The molecule has 0 aromatic heterocycles. The van der Waals surface area contributed by atoms with Crippen molar-refractivity contribution >= 4 is 22.7 Å². The number of nitro benzene ring substituents is 2. The third kappa shape index (κ3) is 5.45. The zero-order valence-corrected chi connectivity index (χ0v) is 14.8. The molecule has 0 unspecified atom stereocenters. The molecule has 0 atom stereocenters. The molecule has 0 spiro atoms. The number of rotatable bonds is 8. The molecular formula is C17H22N4O4. The molecule has 8 nitrogen and oxygen atoms in total. The van der Waals surface area contributed by atoms with Gasteiger partial charge in [-0.05, 0) is 39.3 Å². The van der Waals surface area contributed by atoms with Crippen molar-refractivity contribution in [2.45, 2.75) is 34.1 Å². The smallest absolute Gasteiger partial charge is 0.299 e. The van der Waals surface area contributed by atoms with E-state index < -0.39 is 9.85 Å². The Kier molecular flexibility index (Phi) is 6.86. The summed E-state index contributed by atoms with van der Waals surface area (Å²) in [7, 11) is 0. The van der Waals surface area contributed by atoms with Crippen LogP contribution < -0.4 is 10.6 Å². The average Bonchev–Trinajstić information content (AvgIpc) is 2.49. The highest BCUT2D eigenvalue weighted by Gasteiger charge is 2.25.